The van der Waals surface area contributed by atoms with Gasteiger partial charge < -0.3 is 4.74 Å². The lowest BCUT2D eigenvalue weighted by Crippen LogP contribution is -2.42. The average molecular weight is 413 g/mol. The number of nitrogens with zero attached hydrogens (tertiary/aromatic N) is 2. The molecule has 0 atom stereocenters. The van der Waals surface area contributed by atoms with Gasteiger partial charge in [-0.05, 0) is 36.2 Å². The largest absolute Gasteiger partial charge is 0.497 e. The fourth-order valence-electron chi connectivity index (χ4n) is 2.60. The number of amides is 1. The first kappa shape index (κ1) is 21.5. The zero-order valence-electron chi connectivity index (χ0n) is 16.5. The summed E-state index contributed by atoms with van der Waals surface area (Å²) in [5.74, 6) is 0.852. The van der Waals surface area contributed by atoms with Gasteiger partial charge in [0.25, 0.3) is 5.91 Å². The number of ether oxygens (including phenoxy) is 1. The van der Waals surface area contributed by atoms with Gasteiger partial charge in [-0.3, -0.25) is 4.79 Å². The van der Waals surface area contributed by atoms with Crippen molar-refractivity contribution in [1.29, 1.82) is 0 Å². The van der Waals surface area contributed by atoms with Crippen LogP contribution in [-0.4, -0.2) is 43.0 Å². The highest BCUT2D eigenvalue weighted by atomic mass is 32.2. The van der Waals surface area contributed by atoms with Crippen molar-refractivity contribution in [1.82, 2.24) is 4.41 Å². The third-order valence-electron chi connectivity index (χ3n) is 3.44. The minimum absolute atomic E-state index is 0.0550. The fraction of sp³-hybridized carbons (Fsp3) is 0.579. The molecule has 0 bridgehead atoms. The molecule has 1 aliphatic heterocycles. The van der Waals surface area contributed by atoms with Gasteiger partial charge in [0.2, 0.25) is 0 Å². The maximum absolute atomic E-state index is 13.5. The van der Waals surface area contributed by atoms with Crippen LogP contribution in [0.1, 0.15) is 47.1 Å². The minimum Gasteiger partial charge on any atom is -0.497 e. The highest BCUT2D eigenvalue weighted by Crippen LogP contribution is 2.50. The van der Waals surface area contributed by atoms with E-state index in [1.54, 1.807) is 35.0 Å². The van der Waals surface area contributed by atoms with Gasteiger partial charge in [0, 0.05) is 21.3 Å². The normalized spacial score (nSPS) is 16.8. The summed E-state index contributed by atoms with van der Waals surface area (Å²) in [7, 11) is 1.65. The standard InChI is InChI=1S/C19H28N2O2S3/c1-12(2)24-19(25-13(3)4)17(15-8-10-16(23-7)11-9-15)20-21(18(19)22)26-14(5)6/h8-14H,1-7H3. The molecule has 1 aromatic carbocycles. The molecule has 0 radical (unpaired) electrons. The van der Waals surface area contributed by atoms with Gasteiger partial charge in [-0.1, -0.05) is 41.5 Å². The van der Waals surface area contributed by atoms with Crippen LogP contribution < -0.4 is 4.74 Å². The van der Waals surface area contributed by atoms with E-state index < -0.39 is 4.08 Å². The van der Waals surface area contributed by atoms with Crippen molar-refractivity contribution in [2.24, 2.45) is 5.10 Å². The number of carbonyl (C=O) groups excluding carboxylic acids is 1. The van der Waals surface area contributed by atoms with E-state index in [9.17, 15) is 4.79 Å². The van der Waals surface area contributed by atoms with E-state index in [1.807, 2.05) is 24.3 Å². The number of benzene rings is 1. The van der Waals surface area contributed by atoms with Crippen molar-refractivity contribution in [3.05, 3.63) is 29.8 Å². The molecule has 0 N–H and O–H groups in total. The van der Waals surface area contributed by atoms with Crippen LogP contribution in [0.3, 0.4) is 0 Å². The quantitative estimate of drug-likeness (QED) is 0.429. The van der Waals surface area contributed by atoms with Crippen LogP contribution in [0.15, 0.2) is 29.4 Å². The SMILES string of the molecule is COc1ccc(C2=NN(SC(C)C)C(=O)C2(SC(C)C)SC(C)C)cc1. The Balaban J connectivity index is 2.55. The topological polar surface area (TPSA) is 41.9 Å². The molecule has 0 fully saturated rings. The molecule has 26 heavy (non-hydrogen) atoms. The summed E-state index contributed by atoms with van der Waals surface area (Å²) in [6.45, 7) is 12.7. The summed E-state index contributed by atoms with van der Waals surface area (Å²) in [4.78, 5) is 13.5. The summed E-state index contributed by atoms with van der Waals surface area (Å²) in [5.41, 5.74) is 1.79. The van der Waals surface area contributed by atoms with Gasteiger partial charge in [0.1, 0.15) is 11.5 Å². The second-order valence-electron chi connectivity index (χ2n) is 6.86. The number of carbonyl (C=O) groups is 1. The predicted octanol–water partition coefficient (Wildman–Crippen LogP) is 5.28. The van der Waals surface area contributed by atoms with Crippen molar-refractivity contribution in [3.8, 4) is 5.75 Å². The van der Waals surface area contributed by atoms with E-state index in [-0.39, 0.29) is 11.2 Å². The average Bonchev–Trinajstić information content (AvgIpc) is 2.79. The molecule has 1 aromatic rings. The molecule has 2 rings (SSSR count). The number of thioether (sulfide) groups is 2. The van der Waals surface area contributed by atoms with Gasteiger partial charge in [0.15, 0.2) is 4.08 Å². The van der Waals surface area contributed by atoms with Gasteiger partial charge in [0.05, 0.1) is 7.11 Å². The maximum Gasteiger partial charge on any atom is 0.285 e. The molecule has 1 amide bonds. The highest BCUT2D eigenvalue weighted by molar-refractivity contribution is 8.21. The molecule has 0 saturated heterocycles. The summed E-state index contributed by atoms with van der Waals surface area (Å²) < 4.78 is 6.14. The van der Waals surface area contributed by atoms with E-state index in [1.165, 1.54) is 11.9 Å². The Bertz CT molecular complexity index is 647. The van der Waals surface area contributed by atoms with E-state index in [0.29, 0.717) is 10.5 Å². The van der Waals surface area contributed by atoms with E-state index in [0.717, 1.165) is 17.0 Å². The number of rotatable bonds is 8. The van der Waals surface area contributed by atoms with Crippen LogP contribution in [-0.2, 0) is 4.79 Å². The Morgan fingerprint density at radius 1 is 0.962 bits per heavy atom. The number of hydrogen-bond donors (Lipinski definition) is 0. The Morgan fingerprint density at radius 3 is 1.92 bits per heavy atom. The lowest BCUT2D eigenvalue weighted by atomic mass is 10.1. The zero-order valence-corrected chi connectivity index (χ0v) is 18.9. The number of methoxy groups -OCH3 is 1. The van der Waals surface area contributed by atoms with Crippen molar-refractivity contribution in [2.45, 2.75) is 61.4 Å². The molecule has 0 saturated carbocycles. The fourth-order valence-corrected chi connectivity index (χ4v) is 7.10. The Hall–Kier alpha value is -0.790. The predicted molar refractivity (Wildman–Crippen MR) is 117 cm³/mol. The summed E-state index contributed by atoms with van der Waals surface area (Å²) >= 11 is 4.85. The first-order valence-corrected chi connectivity index (χ1v) is 11.4. The monoisotopic (exact) mass is 412 g/mol. The molecule has 0 spiro atoms. The number of hydrogen-bond acceptors (Lipinski definition) is 6. The van der Waals surface area contributed by atoms with E-state index in [2.05, 4.69) is 41.5 Å². The third-order valence-corrected chi connectivity index (χ3v) is 7.22. The molecule has 0 unspecified atom stereocenters. The second-order valence-corrected chi connectivity index (χ2v) is 12.2. The van der Waals surface area contributed by atoms with Gasteiger partial charge >= 0.3 is 0 Å². The maximum atomic E-state index is 13.5. The van der Waals surface area contributed by atoms with Crippen molar-refractivity contribution in [2.75, 3.05) is 7.11 Å². The van der Waals surface area contributed by atoms with Crippen molar-refractivity contribution >= 4 is 47.1 Å². The molecular weight excluding hydrogens is 384 g/mol. The van der Waals surface area contributed by atoms with Crippen LogP contribution in [0.5, 0.6) is 5.75 Å². The highest BCUT2D eigenvalue weighted by Gasteiger charge is 2.54. The van der Waals surface area contributed by atoms with Gasteiger partial charge in [-0.15, -0.1) is 23.5 Å². The number of hydrazone groups is 1. The smallest absolute Gasteiger partial charge is 0.285 e. The molecule has 0 aliphatic carbocycles. The van der Waals surface area contributed by atoms with E-state index in [4.69, 9.17) is 9.84 Å². The van der Waals surface area contributed by atoms with Gasteiger partial charge in [-0.2, -0.15) is 9.52 Å². The Kier molecular flexibility index (Phi) is 7.39. The molecular formula is C19H28N2O2S3. The van der Waals surface area contributed by atoms with E-state index >= 15 is 0 Å². The molecule has 1 heterocycles. The van der Waals surface area contributed by atoms with Crippen LogP contribution in [0.25, 0.3) is 0 Å². The molecule has 1 aliphatic rings. The van der Waals surface area contributed by atoms with Crippen LogP contribution in [0.2, 0.25) is 0 Å². The zero-order chi connectivity index (χ0) is 19.5. The van der Waals surface area contributed by atoms with Crippen LogP contribution in [0, 0.1) is 0 Å². The second kappa shape index (κ2) is 8.93. The van der Waals surface area contributed by atoms with Gasteiger partial charge in [-0.25, -0.2) is 0 Å². The molecule has 7 heteroatoms. The first-order chi connectivity index (χ1) is 12.2. The minimum atomic E-state index is -0.723. The Morgan fingerprint density at radius 2 is 1.50 bits per heavy atom. The summed E-state index contributed by atoms with van der Waals surface area (Å²) in [6, 6.07) is 7.83. The third kappa shape index (κ3) is 4.73. The van der Waals surface area contributed by atoms with Crippen molar-refractivity contribution in [3.63, 3.8) is 0 Å². The van der Waals surface area contributed by atoms with Crippen LogP contribution in [0.4, 0.5) is 0 Å². The van der Waals surface area contributed by atoms with Crippen LogP contribution >= 0.6 is 35.5 Å². The summed E-state index contributed by atoms with van der Waals surface area (Å²) in [5, 5.41) is 5.66. The lowest BCUT2D eigenvalue weighted by Gasteiger charge is -2.31. The molecule has 144 valence electrons. The first-order valence-electron chi connectivity index (χ1n) is 8.80. The molecule has 0 aromatic heterocycles. The Labute approximate surface area is 170 Å². The summed E-state index contributed by atoms with van der Waals surface area (Å²) in [6.07, 6.45) is 0. The lowest BCUT2D eigenvalue weighted by molar-refractivity contribution is -0.124. The molecule has 4 nitrogen and oxygen atoms in total. The van der Waals surface area contributed by atoms with Crippen molar-refractivity contribution < 1.29 is 9.53 Å².